The number of nitrogens with one attached hydrogen (secondary N) is 1. The first-order valence-electron chi connectivity index (χ1n) is 6.07. The van der Waals surface area contributed by atoms with Gasteiger partial charge in [-0.05, 0) is 25.0 Å². The smallest absolute Gasteiger partial charge is 0.398 e. The van der Waals surface area contributed by atoms with E-state index in [1.165, 1.54) is 12.1 Å². The molecule has 1 aromatic rings. The minimum Gasteiger partial charge on any atom is -0.398 e. The van der Waals surface area contributed by atoms with Crippen molar-refractivity contribution in [3.8, 4) is 0 Å². The second-order valence-electron chi connectivity index (χ2n) is 4.25. The Morgan fingerprint density at radius 3 is 2.37 bits per heavy atom. The van der Waals surface area contributed by atoms with E-state index in [9.17, 15) is 18.0 Å². The summed E-state index contributed by atoms with van der Waals surface area (Å²) in [5.74, 6) is -0.572. The summed E-state index contributed by atoms with van der Waals surface area (Å²) in [6.07, 6.45) is -3.14. The molecule has 0 unspecified atom stereocenters. The summed E-state index contributed by atoms with van der Waals surface area (Å²) in [5, 5.41) is 2.67. The molecule has 1 aromatic carbocycles. The molecule has 1 amide bonds. The summed E-state index contributed by atoms with van der Waals surface area (Å²) in [4.78, 5) is 11.9. The van der Waals surface area contributed by atoms with Gasteiger partial charge >= 0.3 is 6.18 Å². The zero-order chi connectivity index (χ0) is 14.6. The lowest BCUT2D eigenvalue weighted by atomic mass is 10.1. The van der Waals surface area contributed by atoms with Crippen molar-refractivity contribution in [2.45, 2.75) is 38.9 Å². The summed E-state index contributed by atoms with van der Waals surface area (Å²) >= 11 is 0. The van der Waals surface area contributed by atoms with Gasteiger partial charge in [-0.1, -0.05) is 19.9 Å². The van der Waals surface area contributed by atoms with Crippen LogP contribution < -0.4 is 11.1 Å². The maximum Gasteiger partial charge on any atom is 0.418 e. The van der Waals surface area contributed by atoms with Crippen LogP contribution in [0.25, 0.3) is 0 Å². The van der Waals surface area contributed by atoms with Gasteiger partial charge in [-0.25, -0.2) is 0 Å². The summed E-state index contributed by atoms with van der Waals surface area (Å²) in [7, 11) is 0. The minimum absolute atomic E-state index is 0.0681. The van der Waals surface area contributed by atoms with E-state index in [1.807, 2.05) is 13.8 Å². The van der Waals surface area contributed by atoms with Crippen LogP contribution >= 0.6 is 0 Å². The number of alkyl halides is 3. The van der Waals surface area contributed by atoms with Gasteiger partial charge < -0.3 is 11.1 Å². The Hall–Kier alpha value is -1.72. The number of carbonyl (C=O) groups excluding carboxylic acids is 1. The van der Waals surface area contributed by atoms with Crippen molar-refractivity contribution in [1.29, 1.82) is 0 Å². The SMILES string of the molecule is CCC(CC)NC(=O)c1cccc(C(F)(F)F)c1N. The van der Waals surface area contributed by atoms with Crippen LogP contribution in [0.4, 0.5) is 18.9 Å². The number of anilines is 1. The van der Waals surface area contributed by atoms with E-state index in [0.717, 1.165) is 6.07 Å². The molecule has 6 heteroatoms. The van der Waals surface area contributed by atoms with Crippen LogP contribution in [0.5, 0.6) is 0 Å². The van der Waals surface area contributed by atoms with Crippen molar-refractivity contribution < 1.29 is 18.0 Å². The highest BCUT2D eigenvalue weighted by molar-refractivity contribution is 6.00. The molecule has 0 aliphatic rings. The molecule has 0 bridgehead atoms. The third-order valence-corrected chi connectivity index (χ3v) is 2.98. The van der Waals surface area contributed by atoms with Gasteiger partial charge in [0.1, 0.15) is 0 Å². The lowest BCUT2D eigenvalue weighted by Gasteiger charge is -2.17. The van der Waals surface area contributed by atoms with Gasteiger partial charge in [-0.3, -0.25) is 4.79 Å². The largest absolute Gasteiger partial charge is 0.418 e. The van der Waals surface area contributed by atoms with Gasteiger partial charge in [-0.2, -0.15) is 13.2 Å². The van der Waals surface area contributed by atoms with E-state index >= 15 is 0 Å². The topological polar surface area (TPSA) is 55.1 Å². The molecule has 0 heterocycles. The number of nitrogens with two attached hydrogens (primary N) is 1. The van der Waals surface area contributed by atoms with Crippen LogP contribution in [0.3, 0.4) is 0 Å². The highest BCUT2D eigenvalue weighted by Gasteiger charge is 2.34. The highest BCUT2D eigenvalue weighted by Crippen LogP contribution is 2.34. The molecule has 0 aliphatic carbocycles. The number of amides is 1. The monoisotopic (exact) mass is 274 g/mol. The molecule has 0 saturated carbocycles. The molecular weight excluding hydrogens is 257 g/mol. The molecule has 3 nitrogen and oxygen atoms in total. The van der Waals surface area contributed by atoms with Crippen LogP contribution in [0, 0.1) is 0 Å². The Bertz CT molecular complexity index is 454. The van der Waals surface area contributed by atoms with E-state index < -0.39 is 23.3 Å². The van der Waals surface area contributed by atoms with Crippen LogP contribution in [0.15, 0.2) is 18.2 Å². The molecule has 0 radical (unpaired) electrons. The van der Waals surface area contributed by atoms with Crippen LogP contribution in [-0.4, -0.2) is 11.9 Å². The van der Waals surface area contributed by atoms with Crippen LogP contribution in [0.1, 0.15) is 42.6 Å². The second kappa shape index (κ2) is 5.95. The predicted octanol–water partition coefficient (Wildman–Crippen LogP) is 3.21. The van der Waals surface area contributed by atoms with Crippen molar-refractivity contribution in [1.82, 2.24) is 5.32 Å². The fourth-order valence-electron chi connectivity index (χ4n) is 1.77. The lowest BCUT2D eigenvalue weighted by molar-refractivity contribution is -0.136. The second-order valence-corrected chi connectivity index (χ2v) is 4.25. The summed E-state index contributed by atoms with van der Waals surface area (Å²) < 4.78 is 38.0. The number of hydrogen-bond donors (Lipinski definition) is 2. The molecule has 0 aromatic heterocycles. The number of para-hydroxylation sites is 1. The Labute approximate surface area is 110 Å². The Morgan fingerprint density at radius 1 is 1.32 bits per heavy atom. The molecule has 0 atom stereocenters. The van der Waals surface area contributed by atoms with E-state index in [-0.39, 0.29) is 11.6 Å². The van der Waals surface area contributed by atoms with Gasteiger partial charge in [0, 0.05) is 6.04 Å². The fraction of sp³-hybridized carbons (Fsp3) is 0.462. The highest BCUT2D eigenvalue weighted by atomic mass is 19.4. The molecule has 1 rings (SSSR count). The summed E-state index contributed by atoms with van der Waals surface area (Å²) in [6.45, 7) is 3.79. The molecule has 106 valence electrons. The maximum atomic E-state index is 12.7. The van der Waals surface area contributed by atoms with Crippen molar-refractivity contribution >= 4 is 11.6 Å². The number of nitrogen functional groups attached to an aromatic ring is 1. The average Bonchev–Trinajstić information content (AvgIpc) is 2.34. The minimum atomic E-state index is -4.56. The lowest BCUT2D eigenvalue weighted by Crippen LogP contribution is -2.34. The first kappa shape index (κ1) is 15.3. The molecule has 0 fully saturated rings. The van der Waals surface area contributed by atoms with Gasteiger partial charge in [-0.15, -0.1) is 0 Å². The molecule has 0 aliphatic heterocycles. The van der Waals surface area contributed by atoms with Crippen LogP contribution in [0.2, 0.25) is 0 Å². The van der Waals surface area contributed by atoms with Crippen LogP contribution in [-0.2, 0) is 6.18 Å². The predicted molar refractivity (Wildman–Crippen MR) is 67.7 cm³/mol. The van der Waals surface area contributed by atoms with Crippen molar-refractivity contribution in [3.63, 3.8) is 0 Å². The number of rotatable bonds is 4. The first-order valence-corrected chi connectivity index (χ1v) is 6.07. The van der Waals surface area contributed by atoms with Gasteiger partial charge in [0.05, 0.1) is 16.8 Å². The van der Waals surface area contributed by atoms with Gasteiger partial charge in [0.15, 0.2) is 0 Å². The fourth-order valence-corrected chi connectivity index (χ4v) is 1.77. The van der Waals surface area contributed by atoms with E-state index in [4.69, 9.17) is 5.73 Å². The van der Waals surface area contributed by atoms with Crippen molar-refractivity contribution in [2.24, 2.45) is 0 Å². The Morgan fingerprint density at radius 2 is 1.89 bits per heavy atom. The van der Waals surface area contributed by atoms with E-state index in [2.05, 4.69) is 5.32 Å². The normalized spacial score (nSPS) is 11.7. The number of hydrogen-bond acceptors (Lipinski definition) is 2. The third-order valence-electron chi connectivity index (χ3n) is 2.98. The van der Waals surface area contributed by atoms with E-state index in [1.54, 1.807) is 0 Å². The zero-order valence-corrected chi connectivity index (χ0v) is 10.8. The number of benzene rings is 1. The maximum absolute atomic E-state index is 12.7. The summed E-state index contributed by atoms with van der Waals surface area (Å²) in [6, 6.07) is 3.27. The number of halogens is 3. The zero-order valence-electron chi connectivity index (χ0n) is 10.8. The standard InChI is InChI=1S/C13H17F3N2O/c1-3-8(4-2)18-12(19)9-6-5-7-10(11(9)17)13(14,15)16/h5-8H,3-4,17H2,1-2H3,(H,18,19). The van der Waals surface area contributed by atoms with Gasteiger partial charge in [0.25, 0.3) is 5.91 Å². The van der Waals surface area contributed by atoms with Crippen molar-refractivity contribution in [3.05, 3.63) is 29.3 Å². The van der Waals surface area contributed by atoms with E-state index in [0.29, 0.717) is 12.8 Å². The Kier molecular flexibility index (Phi) is 4.80. The third kappa shape index (κ3) is 3.62. The molecular formula is C13H17F3N2O. The molecule has 0 saturated heterocycles. The Balaban J connectivity index is 3.05. The van der Waals surface area contributed by atoms with Crippen molar-refractivity contribution in [2.75, 3.05) is 5.73 Å². The molecule has 3 N–H and O–H groups in total. The van der Waals surface area contributed by atoms with Gasteiger partial charge in [0.2, 0.25) is 0 Å². The molecule has 19 heavy (non-hydrogen) atoms. The number of carbonyl (C=O) groups is 1. The molecule has 0 spiro atoms. The quantitative estimate of drug-likeness (QED) is 0.828. The first-order chi connectivity index (χ1) is 8.81. The average molecular weight is 274 g/mol. The summed E-state index contributed by atoms with van der Waals surface area (Å²) in [5.41, 5.74) is 3.80.